The van der Waals surface area contributed by atoms with E-state index < -0.39 is 0 Å². The molecule has 1 heterocycles. The van der Waals surface area contributed by atoms with Crippen LogP contribution in [0.3, 0.4) is 0 Å². The van der Waals surface area contributed by atoms with E-state index in [4.69, 9.17) is 0 Å². The summed E-state index contributed by atoms with van der Waals surface area (Å²) in [5, 5.41) is 3.44. The smallest absolute Gasteiger partial charge is 0.0207 e. The molecule has 3 heteroatoms. The fraction of sp³-hybridized carbons (Fsp3) is 0.625. The Kier molecular flexibility index (Phi) is 6.35. The van der Waals surface area contributed by atoms with Gasteiger partial charge in [0.2, 0.25) is 0 Å². The zero-order chi connectivity index (χ0) is 13.5. The maximum absolute atomic E-state index is 3.62. The molecule has 19 heavy (non-hydrogen) atoms. The first-order chi connectivity index (χ1) is 9.25. The molecule has 2 rings (SSSR count). The molecule has 1 fully saturated rings. The van der Waals surface area contributed by atoms with Crippen molar-refractivity contribution in [1.82, 2.24) is 10.2 Å². The van der Waals surface area contributed by atoms with Gasteiger partial charge in [-0.1, -0.05) is 34.1 Å². The molecule has 0 spiro atoms. The van der Waals surface area contributed by atoms with Gasteiger partial charge in [-0.15, -0.1) is 0 Å². The Hall–Kier alpha value is -0.380. The van der Waals surface area contributed by atoms with Crippen molar-refractivity contribution in [1.29, 1.82) is 0 Å². The number of hydrogen-bond donors (Lipinski definition) is 1. The molecule has 0 saturated carbocycles. The van der Waals surface area contributed by atoms with Crippen LogP contribution in [0.5, 0.6) is 0 Å². The van der Waals surface area contributed by atoms with Gasteiger partial charge < -0.3 is 10.2 Å². The molecule has 1 aliphatic heterocycles. The molecular formula is C16H25BrN2. The maximum atomic E-state index is 3.62. The number of nitrogens with one attached hydrogen (secondary N) is 1. The Morgan fingerprint density at radius 1 is 1.21 bits per heavy atom. The summed E-state index contributed by atoms with van der Waals surface area (Å²) in [6, 6.07) is 8.54. The Morgan fingerprint density at radius 3 is 2.68 bits per heavy atom. The Labute approximate surface area is 125 Å². The molecule has 0 unspecified atom stereocenters. The molecule has 0 aromatic heterocycles. The van der Waals surface area contributed by atoms with Crippen molar-refractivity contribution < 1.29 is 0 Å². The predicted molar refractivity (Wildman–Crippen MR) is 85.6 cm³/mol. The molecular weight excluding hydrogens is 300 g/mol. The van der Waals surface area contributed by atoms with Gasteiger partial charge in [-0.2, -0.15) is 0 Å². The van der Waals surface area contributed by atoms with Crippen LogP contribution >= 0.6 is 15.9 Å². The van der Waals surface area contributed by atoms with E-state index in [1.165, 1.54) is 48.9 Å². The highest BCUT2D eigenvalue weighted by Crippen LogP contribution is 2.18. The highest BCUT2D eigenvalue weighted by atomic mass is 79.9. The standard InChI is InChI=1S/C16H25BrN2/c1-19(12-8-14-6-10-18-11-7-14)13-9-15-4-2-3-5-16(15)17/h2-5,14,18H,6-13H2,1H3. The number of likely N-dealkylation sites (N-methyl/N-ethyl adjacent to an activating group) is 1. The second kappa shape index (κ2) is 8.03. The van der Waals surface area contributed by atoms with Gasteiger partial charge in [-0.25, -0.2) is 0 Å². The zero-order valence-corrected chi connectivity index (χ0v) is 13.5. The van der Waals surface area contributed by atoms with E-state index in [0.717, 1.165) is 18.9 Å². The van der Waals surface area contributed by atoms with Crippen LogP contribution in [0, 0.1) is 5.92 Å². The lowest BCUT2D eigenvalue weighted by atomic mass is 9.94. The average Bonchev–Trinajstić information content (AvgIpc) is 2.45. The van der Waals surface area contributed by atoms with Gasteiger partial charge >= 0.3 is 0 Å². The third-order valence-corrected chi connectivity index (χ3v) is 4.87. The molecule has 2 nitrogen and oxygen atoms in total. The summed E-state index contributed by atoms with van der Waals surface area (Å²) in [4.78, 5) is 2.47. The summed E-state index contributed by atoms with van der Waals surface area (Å²) in [7, 11) is 2.25. The first kappa shape index (κ1) is 15.0. The van der Waals surface area contributed by atoms with Gasteiger partial charge in [0.25, 0.3) is 0 Å². The van der Waals surface area contributed by atoms with Crippen molar-refractivity contribution in [2.24, 2.45) is 5.92 Å². The van der Waals surface area contributed by atoms with E-state index in [9.17, 15) is 0 Å². The minimum Gasteiger partial charge on any atom is -0.317 e. The molecule has 0 aliphatic carbocycles. The monoisotopic (exact) mass is 324 g/mol. The molecule has 0 amide bonds. The van der Waals surface area contributed by atoms with Crippen molar-refractivity contribution in [3.8, 4) is 0 Å². The average molecular weight is 325 g/mol. The topological polar surface area (TPSA) is 15.3 Å². The molecule has 1 aromatic rings. The predicted octanol–water partition coefficient (Wildman–Crippen LogP) is 3.31. The number of nitrogens with zero attached hydrogens (tertiary/aromatic N) is 1. The third-order valence-electron chi connectivity index (χ3n) is 4.10. The van der Waals surface area contributed by atoms with Crippen LogP contribution in [0.2, 0.25) is 0 Å². The molecule has 0 atom stereocenters. The van der Waals surface area contributed by atoms with E-state index in [1.807, 2.05) is 0 Å². The normalized spacial score (nSPS) is 17.0. The molecule has 106 valence electrons. The van der Waals surface area contributed by atoms with E-state index in [0.29, 0.717) is 0 Å². The lowest BCUT2D eigenvalue weighted by Crippen LogP contribution is -2.30. The summed E-state index contributed by atoms with van der Waals surface area (Å²) < 4.78 is 1.24. The molecule has 1 aromatic carbocycles. The Morgan fingerprint density at radius 2 is 1.95 bits per heavy atom. The van der Waals surface area contributed by atoms with Gasteiger partial charge in [0.05, 0.1) is 0 Å². The van der Waals surface area contributed by atoms with Crippen molar-refractivity contribution >= 4 is 15.9 Å². The molecule has 0 radical (unpaired) electrons. The summed E-state index contributed by atoms with van der Waals surface area (Å²) in [5.41, 5.74) is 1.41. The van der Waals surface area contributed by atoms with Gasteiger partial charge in [0, 0.05) is 11.0 Å². The fourth-order valence-corrected chi connectivity index (χ4v) is 3.18. The van der Waals surface area contributed by atoms with Crippen molar-refractivity contribution in [3.63, 3.8) is 0 Å². The van der Waals surface area contributed by atoms with Crippen LogP contribution in [-0.2, 0) is 6.42 Å². The zero-order valence-electron chi connectivity index (χ0n) is 11.9. The van der Waals surface area contributed by atoms with E-state index >= 15 is 0 Å². The Balaban J connectivity index is 1.66. The number of hydrogen-bond acceptors (Lipinski definition) is 2. The fourth-order valence-electron chi connectivity index (χ4n) is 2.70. The number of piperidine rings is 1. The summed E-state index contributed by atoms with van der Waals surface area (Å²) in [6.45, 7) is 4.80. The van der Waals surface area contributed by atoms with Gasteiger partial charge in [-0.3, -0.25) is 0 Å². The van der Waals surface area contributed by atoms with Crippen LogP contribution in [0.1, 0.15) is 24.8 Å². The second-order valence-corrected chi connectivity index (χ2v) is 6.48. The molecule has 1 saturated heterocycles. The van der Waals surface area contributed by atoms with Crippen molar-refractivity contribution in [2.45, 2.75) is 25.7 Å². The SMILES string of the molecule is CN(CCc1ccccc1Br)CCC1CCNCC1. The van der Waals surface area contributed by atoms with E-state index in [1.54, 1.807) is 0 Å². The van der Waals surface area contributed by atoms with Crippen molar-refractivity contribution in [2.75, 3.05) is 33.2 Å². The first-order valence-electron chi connectivity index (χ1n) is 7.38. The Bertz CT molecular complexity index is 375. The lowest BCUT2D eigenvalue weighted by molar-refractivity contribution is 0.273. The van der Waals surface area contributed by atoms with Crippen molar-refractivity contribution in [3.05, 3.63) is 34.3 Å². The number of halogens is 1. The van der Waals surface area contributed by atoms with E-state index in [2.05, 4.69) is 57.5 Å². The largest absolute Gasteiger partial charge is 0.317 e. The molecule has 1 aliphatic rings. The van der Waals surface area contributed by atoms with Gasteiger partial charge in [-0.05, 0) is 69.9 Å². The van der Waals surface area contributed by atoms with Gasteiger partial charge in [0.15, 0.2) is 0 Å². The lowest BCUT2D eigenvalue weighted by Gasteiger charge is -2.25. The third kappa shape index (κ3) is 5.25. The summed E-state index contributed by atoms with van der Waals surface area (Å²) in [5.74, 6) is 0.937. The van der Waals surface area contributed by atoms with Gasteiger partial charge in [0.1, 0.15) is 0 Å². The summed E-state index contributed by atoms with van der Waals surface area (Å²) >= 11 is 3.62. The van der Waals surface area contributed by atoms with Crippen LogP contribution in [0.25, 0.3) is 0 Å². The quantitative estimate of drug-likeness (QED) is 0.863. The van der Waals surface area contributed by atoms with E-state index in [-0.39, 0.29) is 0 Å². The first-order valence-corrected chi connectivity index (χ1v) is 8.17. The maximum Gasteiger partial charge on any atom is 0.0207 e. The second-order valence-electron chi connectivity index (χ2n) is 5.63. The van der Waals surface area contributed by atoms with Crippen LogP contribution in [0.15, 0.2) is 28.7 Å². The highest BCUT2D eigenvalue weighted by molar-refractivity contribution is 9.10. The molecule has 0 bridgehead atoms. The van der Waals surface area contributed by atoms with Crippen LogP contribution in [-0.4, -0.2) is 38.1 Å². The number of rotatable bonds is 6. The summed E-state index contributed by atoms with van der Waals surface area (Å²) in [6.07, 6.45) is 5.20. The minimum absolute atomic E-state index is 0.937. The molecule has 1 N–H and O–H groups in total. The number of benzene rings is 1. The minimum atomic E-state index is 0.937. The van der Waals surface area contributed by atoms with Crippen LogP contribution < -0.4 is 5.32 Å². The highest BCUT2D eigenvalue weighted by Gasteiger charge is 2.13. The van der Waals surface area contributed by atoms with Crippen LogP contribution in [0.4, 0.5) is 0 Å².